The number of hydrogen-bond donors (Lipinski definition) is 1. The largest absolute Gasteiger partial charge is 0.416 e. The fourth-order valence-corrected chi connectivity index (χ4v) is 3.40. The number of likely N-dealkylation sites (tertiary alicyclic amines) is 1. The molecule has 1 fully saturated rings. The predicted molar refractivity (Wildman–Crippen MR) is 95.2 cm³/mol. The Hall–Kier alpha value is -2.15. The van der Waals surface area contributed by atoms with Gasteiger partial charge in [-0.1, -0.05) is 12.1 Å². The van der Waals surface area contributed by atoms with Crippen LogP contribution in [0.5, 0.6) is 0 Å². The summed E-state index contributed by atoms with van der Waals surface area (Å²) >= 11 is 5.48. The molecule has 0 aliphatic carbocycles. The second kappa shape index (κ2) is 7.39. The summed E-state index contributed by atoms with van der Waals surface area (Å²) in [5.41, 5.74) is 0.716. The Labute approximate surface area is 149 Å². The van der Waals surface area contributed by atoms with E-state index in [2.05, 4.69) is 10.3 Å². The minimum Gasteiger partial charge on any atom is -0.342 e. The van der Waals surface area contributed by atoms with Crippen molar-refractivity contribution in [3.8, 4) is 0 Å². The molecular formula is C18H18F3N3S. The van der Waals surface area contributed by atoms with Gasteiger partial charge in [-0.2, -0.15) is 13.2 Å². The van der Waals surface area contributed by atoms with Crippen LogP contribution in [0.2, 0.25) is 0 Å². The summed E-state index contributed by atoms with van der Waals surface area (Å²) < 4.78 is 38.6. The lowest BCUT2D eigenvalue weighted by Crippen LogP contribution is -2.41. The van der Waals surface area contributed by atoms with Gasteiger partial charge in [0.2, 0.25) is 0 Å². The van der Waals surface area contributed by atoms with Crippen LogP contribution in [0.15, 0.2) is 48.8 Å². The second-order valence-corrected chi connectivity index (χ2v) is 6.39. The number of pyridine rings is 1. The maximum Gasteiger partial charge on any atom is 0.416 e. The van der Waals surface area contributed by atoms with Crippen LogP contribution in [0.4, 0.5) is 18.9 Å². The maximum atomic E-state index is 12.9. The average molecular weight is 365 g/mol. The third-order valence-electron chi connectivity index (χ3n) is 4.27. The lowest BCUT2D eigenvalue weighted by molar-refractivity contribution is -0.137. The zero-order chi connectivity index (χ0) is 17.9. The number of nitrogens with zero attached hydrogens (tertiary/aromatic N) is 2. The number of nitrogens with one attached hydrogen (secondary N) is 1. The van der Waals surface area contributed by atoms with E-state index in [0.29, 0.717) is 10.8 Å². The van der Waals surface area contributed by atoms with Gasteiger partial charge in [-0.05, 0) is 61.3 Å². The van der Waals surface area contributed by atoms with Crippen molar-refractivity contribution >= 4 is 23.0 Å². The third kappa shape index (κ3) is 4.28. The van der Waals surface area contributed by atoms with Crippen LogP contribution >= 0.6 is 12.2 Å². The summed E-state index contributed by atoms with van der Waals surface area (Å²) in [4.78, 5) is 6.20. The average Bonchev–Trinajstić information content (AvgIpc) is 2.62. The molecule has 1 N–H and O–H groups in total. The summed E-state index contributed by atoms with van der Waals surface area (Å²) in [6.45, 7) is 0.768. The van der Waals surface area contributed by atoms with Gasteiger partial charge in [0.25, 0.3) is 0 Å². The van der Waals surface area contributed by atoms with Crippen molar-refractivity contribution in [2.75, 3.05) is 11.9 Å². The fourth-order valence-electron chi connectivity index (χ4n) is 3.06. The van der Waals surface area contributed by atoms with E-state index in [1.54, 1.807) is 12.3 Å². The van der Waals surface area contributed by atoms with E-state index in [-0.39, 0.29) is 6.04 Å². The normalized spacial score (nSPS) is 18.0. The molecule has 1 aromatic carbocycles. The van der Waals surface area contributed by atoms with Crippen LogP contribution in [0.3, 0.4) is 0 Å². The van der Waals surface area contributed by atoms with E-state index in [1.165, 1.54) is 6.07 Å². The van der Waals surface area contributed by atoms with Crippen molar-refractivity contribution in [1.29, 1.82) is 0 Å². The molecule has 132 valence electrons. The number of rotatable bonds is 2. The van der Waals surface area contributed by atoms with Gasteiger partial charge in [-0.3, -0.25) is 4.98 Å². The topological polar surface area (TPSA) is 28.2 Å². The molecule has 3 rings (SSSR count). The Morgan fingerprint density at radius 3 is 2.76 bits per heavy atom. The van der Waals surface area contributed by atoms with E-state index in [0.717, 1.165) is 43.5 Å². The first-order valence-electron chi connectivity index (χ1n) is 8.10. The molecule has 0 radical (unpaired) electrons. The fraction of sp³-hybridized carbons (Fsp3) is 0.333. The zero-order valence-corrected chi connectivity index (χ0v) is 14.3. The van der Waals surface area contributed by atoms with E-state index in [4.69, 9.17) is 12.2 Å². The highest BCUT2D eigenvalue weighted by Crippen LogP contribution is 2.33. The van der Waals surface area contributed by atoms with Gasteiger partial charge in [0.15, 0.2) is 5.11 Å². The Bertz CT molecular complexity index is 734. The number of hydrogen-bond acceptors (Lipinski definition) is 2. The molecular weight excluding hydrogens is 347 g/mol. The van der Waals surface area contributed by atoms with Crippen molar-refractivity contribution in [3.63, 3.8) is 0 Å². The molecule has 2 heterocycles. The standard InChI is InChI=1S/C18H18F3N3S/c19-18(20,21)14-6-3-7-15(11-14)23-17(25)24-10-2-1-8-16(24)13-5-4-9-22-12-13/h3-7,9,11-12,16H,1-2,8,10H2,(H,23,25)/t16-/m0/s1. The highest BCUT2D eigenvalue weighted by atomic mass is 32.1. The van der Waals surface area contributed by atoms with Gasteiger partial charge < -0.3 is 10.2 Å². The van der Waals surface area contributed by atoms with E-state index >= 15 is 0 Å². The van der Waals surface area contributed by atoms with Gasteiger partial charge >= 0.3 is 6.18 Å². The number of thiocarbonyl (C=S) groups is 1. The number of aromatic nitrogens is 1. The van der Waals surface area contributed by atoms with Crippen molar-refractivity contribution in [1.82, 2.24) is 9.88 Å². The second-order valence-electron chi connectivity index (χ2n) is 6.00. The Morgan fingerprint density at radius 1 is 1.20 bits per heavy atom. The monoisotopic (exact) mass is 365 g/mol. The predicted octanol–water partition coefficient (Wildman–Crippen LogP) is 5.02. The third-order valence-corrected chi connectivity index (χ3v) is 4.61. The van der Waals surface area contributed by atoms with Crippen LogP contribution in [0.25, 0.3) is 0 Å². The van der Waals surface area contributed by atoms with Gasteiger partial charge in [-0.25, -0.2) is 0 Å². The summed E-state index contributed by atoms with van der Waals surface area (Å²) in [6, 6.07) is 9.07. The number of piperidine rings is 1. The van der Waals surface area contributed by atoms with E-state index in [9.17, 15) is 13.2 Å². The molecule has 1 aromatic heterocycles. The molecule has 25 heavy (non-hydrogen) atoms. The molecule has 1 atom stereocenters. The first kappa shape index (κ1) is 17.7. The van der Waals surface area contributed by atoms with Crippen molar-refractivity contribution < 1.29 is 13.2 Å². The van der Waals surface area contributed by atoms with Gasteiger partial charge in [0.05, 0.1) is 11.6 Å². The van der Waals surface area contributed by atoms with Crippen molar-refractivity contribution in [3.05, 3.63) is 59.9 Å². The molecule has 1 aliphatic rings. The highest BCUT2D eigenvalue weighted by Gasteiger charge is 2.31. The quantitative estimate of drug-likeness (QED) is 0.756. The number of halogens is 3. The molecule has 3 nitrogen and oxygen atoms in total. The molecule has 1 aliphatic heterocycles. The molecule has 7 heteroatoms. The highest BCUT2D eigenvalue weighted by molar-refractivity contribution is 7.80. The summed E-state index contributed by atoms with van der Waals surface area (Å²) in [5, 5.41) is 3.40. The van der Waals surface area contributed by atoms with Crippen LogP contribution in [-0.4, -0.2) is 21.5 Å². The van der Waals surface area contributed by atoms with Gasteiger partial charge in [0, 0.05) is 24.6 Å². The minimum atomic E-state index is -4.37. The molecule has 0 amide bonds. The van der Waals surface area contributed by atoms with Crippen molar-refractivity contribution in [2.45, 2.75) is 31.5 Å². The Kier molecular flexibility index (Phi) is 5.22. The summed E-state index contributed by atoms with van der Waals surface area (Å²) in [7, 11) is 0. The van der Waals surface area contributed by atoms with Gasteiger partial charge in [0.1, 0.15) is 0 Å². The lowest BCUT2D eigenvalue weighted by Gasteiger charge is -2.37. The zero-order valence-electron chi connectivity index (χ0n) is 13.5. The smallest absolute Gasteiger partial charge is 0.342 e. The summed E-state index contributed by atoms with van der Waals surface area (Å²) in [6.07, 6.45) is 2.19. The minimum absolute atomic E-state index is 0.0910. The molecule has 0 bridgehead atoms. The first-order chi connectivity index (χ1) is 11.9. The molecule has 0 spiro atoms. The van der Waals surface area contributed by atoms with Crippen LogP contribution in [-0.2, 0) is 6.18 Å². The Balaban J connectivity index is 1.77. The molecule has 2 aromatic rings. The number of alkyl halides is 3. The van der Waals surface area contributed by atoms with Crippen LogP contribution in [0, 0.1) is 0 Å². The Morgan fingerprint density at radius 2 is 2.04 bits per heavy atom. The first-order valence-corrected chi connectivity index (χ1v) is 8.51. The molecule has 0 saturated carbocycles. The van der Waals surface area contributed by atoms with Crippen LogP contribution < -0.4 is 5.32 Å². The maximum absolute atomic E-state index is 12.9. The van der Waals surface area contributed by atoms with Crippen molar-refractivity contribution in [2.24, 2.45) is 0 Å². The molecule has 0 unspecified atom stereocenters. The van der Waals surface area contributed by atoms with Gasteiger partial charge in [-0.15, -0.1) is 0 Å². The SMILES string of the molecule is FC(F)(F)c1cccc(NC(=S)N2CCCC[C@H]2c2cccnc2)c1. The number of benzene rings is 1. The van der Waals surface area contributed by atoms with Crippen LogP contribution in [0.1, 0.15) is 36.4 Å². The summed E-state index contributed by atoms with van der Waals surface area (Å²) in [5.74, 6) is 0. The van der Waals surface area contributed by atoms with E-state index < -0.39 is 11.7 Å². The van der Waals surface area contributed by atoms with E-state index in [1.807, 2.05) is 23.2 Å². The number of anilines is 1. The molecule has 1 saturated heterocycles. The lowest BCUT2D eigenvalue weighted by atomic mass is 9.97.